The molecule has 1 fully saturated rings. The molecule has 0 atom stereocenters. The van der Waals surface area contributed by atoms with Gasteiger partial charge in [-0.3, -0.25) is 0 Å². The summed E-state index contributed by atoms with van der Waals surface area (Å²) in [5, 5.41) is 11.3. The Morgan fingerprint density at radius 1 is 1.44 bits per heavy atom. The molecule has 0 aliphatic carbocycles. The summed E-state index contributed by atoms with van der Waals surface area (Å²) in [6, 6.07) is 2.16. The van der Waals surface area contributed by atoms with Crippen LogP contribution in [0.1, 0.15) is 39.0 Å². The Morgan fingerprint density at radius 3 is 2.75 bits per heavy atom. The summed E-state index contributed by atoms with van der Waals surface area (Å²) in [5.74, 6) is 0.750. The van der Waals surface area contributed by atoms with Crippen molar-refractivity contribution >= 4 is 6.03 Å². The minimum Gasteiger partial charge on any atom is -0.338 e. The van der Waals surface area contributed by atoms with E-state index in [-0.39, 0.29) is 6.03 Å². The lowest BCUT2D eigenvalue weighted by Crippen LogP contribution is -2.44. The number of piperidine rings is 1. The van der Waals surface area contributed by atoms with Crippen molar-refractivity contribution in [1.82, 2.24) is 10.2 Å². The second-order valence-corrected chi connectivity index (χ2v) is 4.52. The number of rotatable bonds is 4. The lowest BCUT2D eigenvalue weighted by molar-refractivity contribution is 0.174. The van der Waals surface area contributed by atoms with Crippen molar-refractivity contribution < 1.29 is 4.79 Å². The fourth-order valence-electron chi connectivity index (χ4n) is 1.85. The zero-order valence-corrected chi connectivity index (χ0v) is 10.0. The maximum atomic E-state index is 11.7. The van der Waals surface area contributed by atoms with E-state index in [0.717, 1.165) is 44.7 Å². The van der Waals surface area contributed by atoms with Gasteiger partial charge in [0.25, 0.3) is 0 Å². The Bertz CT molecular complexity index is 251. The van der Waals surface area contributed by atoms with Crippen molar-refractivity contribution in [2.24, 2.45) is 5.92 Å². The summed E-state index contributed by atoms with van der Waals surface area (Å²) in [4.78, 5) is 13.6. The van der Waals surface area contributed by atoms with Crippen LogP contribution >= 0.6 is 0 Å². The summed E-state index contributed by atoms with van der Waals surface area (Å²) in [6.45, 7) is 4.68. The highest BCUT2D eigenvalue weighted by Crippen LogP contribution is 2.15. The molecular formula is C12H21N3O. The summed E-state index contributed by atoms with van der Waals surface area (Å²) in [6.07, 6.45) is 4.57. The highest BCUT2D eigenvalue weighted by atomic mass is 16.2. The predicted octanol–water partition coefficient (Wildman–Crippen LogP) is 2.12. The van der Waals surface area contributed by atoms with Gasteiger partial charge >= 0.3 is 6.03 Å². The largest absolute Gasteiger partial charge is 0.338 e. The molecule has 1 rings (SSSR count). The van der Waals surface area contributed by atoms with E-state index in [2.05, 4.69) is 18.3 Å². The number of nitrogens with one attached hydrogen (secondary N) is 1. The standard InChI is InChI=1S/C12H21N3O/c1-11-5-9-15(10-6-11)12(16)14-8-4-2-3-7-13/h11H,2-6,8-10H2,1H3,(H,14,16). The lowest BCUT2D eigenvalue weighted by atomic mass is 10.00. The van der Waals surface area contributed by atoms with Gasteiger partial charge in [-0.25, -0.2) is 4.79 Å². The van der Waals surface area contributed by atoms with Gasteiger partial charge in [0.15, 0.2) is 0 Å². The zero-order chi connectivity index (χ0) is 11.8. The first kappa shape index (κ1) is 12.8. The van der Waals surface area contributed by atoms with Crippen molar-refractivity contribution in [2.45, 2.75) is 39.0 Å². The van der Waals surface area contributed by atoms with Crippen LogP contribution in [0, 0.1) is 17.2 Å². The fourth-order valence-corrected chi connectivity index (χ4v) is 1.85. The van der Waals surface area contributed by atoms with Crippen LogP contribution in [-0.2, 0) is 0 Å². The van der Waals surface area contributed by atoms with E-state index in [1.807, 2.05) is 4.90 Å². The molecule has 0 saturated carbocycles. The lowest BCUT2D eigenvalue weighted by Gasteiger charge is -2.30. The minimum absolute atomic E-state index is 0.0591. The molecule has 0 spiro atoms. The molecule has 0 aromatic rings. The van der Waals surface area contributed by atoms with Crippen LogP contribution in [0.2, 0.25) is 0 Å². The monoisotopic (exact) mass is 223 g/mol. The Labute approximate surface area is 97.6 Å². The van der Waals surface area contributed by atoms with Crippen LogP contribution in [0.4, 0.5) is 4.79 Å². The average Bonchev–Trinajstić information content (AvgIpc) is 2.29. The van der Waals surface area contributed by atoms with Gasteiger partial charge in [0.1, 0.15) is 0 Å². The number of hydrogen-bond donors (Lipinski definition) is 1. The van der Waals surface area contributed by atoms with E-state index in [1.165, 1.54) is 0 Å². The van der Waals surface area contributed by atoms with Crippen molar-refractivity contribution in [3.05, 3.63) is 0 Å². The van der Waals surface area contributed by atoms with Gasteiger partial charge in [-0.1, -0.05) is 6.92 Å². The van der Waals surface area contributed by atoms with Crippen LogP contribution in [0.5, 0.6) is 0 Å². The first-order valence-electron chi connectivity index (χ1n) is 6.13. The summed E-state index contributed by atoms with van der Waals surface area (Å²) in [7, 11) is 0. The number of carbonyl (C=O) groups excluding carboxylic acids is 1. The van der Waals surface area contributed by atoms with Gasteiger partial charge in [-0.05, 0) is 31.6 Å². The Hall–Kier alpha value is -1.24. The summed E-state index contributed by atoms with van der Waals surface area (Å²) < 4.78 is 0. The van der Waals surface area contributed by atoms with Gasteiger partial charge in [-0.2, -0.15) is 5.26 Å². The van der Waals surface area contributed by atoms with E-state index < -0.39 is 0 Å². The second-order valence-electron chi connectivity index (χ2n) is 4.52. The highest BCUT2D eigenvalue weighted by molar-refractivity contribution is 5.74. The Balaban J connectivity index is 2.08. The van der Waals surface area contributed by atoms with Gasteiger partial charge in [0, 0.05) is 26.1 Å². The fraction of sp³-hybridized carbons (Fsp3) is 0.833. The number of hydrogen-bond acceptors (Lipinski definition) is 2. The minimum atomic E-state index is 0.0591. The SMILES string of the molecule is CC1CCN(C(=O)NCCCCC#N)CC1. The molecule has 1 N–H and O–H groups in total. The molecule has 0 bridgehead atoms. The van der Waals surface area contributed by atoms with Gasteiger partial charge < -0.3 is 10.2 Å². The van der Waals surface area contributed by atoms with Crippen LogP contribution in [0.25, 0.3) is 0 Å². The molecule has 0 aromatic carbocycles. The van der Waals surface area contributed by atoms with Gasteiger partial charge in [0.2, 0.25) is 0 Å². The zero-order valence-electron chi connectivity index (χ0n) is 10.0. The number of nitrogens with zero attached hydrogens (tertiary/aromatic N) is 2. The number of likely N-dealkylation sites (tertiary alicyclic amines) is 1. The Kier molecular flexibility index (Phi) is 5.69. The van der Waals surface area contributed by atoms with Crippen LogP contribution in [0.3, 0.4) is 0 Å². The highest BCUT2D eigenvalue weighted by Gasteiger charge is 2.19. The van der Waals surface area contributed by atoms with Crippen molar-refractivity contribution in [3.63, 3.8) is 0 Å². The molecule has 0 radical (unpaired) electrons. The molecule has 0 aromatic heterocycles. The molecule has 1 aliphatic heterocycles. The second kappa shape index (κ2) is 7.10. The van der Waals surface area contributed by atoms with Gasteiger partial charge in [0.05, 0.1) is 6.07 Å². The first-order chi connectivity index (χ1) is 7.74. The number of nitriles is 1. The molecular weight excluding hydrogens is 202 g/mol. The number of carbonyl (C=O) groups is 1. The van der Waals surface area contributed by atoms with E-state index in [1.54, 1.807) is 0 Å². The van der Waals surface area contributed by atoms with Crippen LogP contribution < -0.4 is 5.32 Å². The van der Waals surface area contributed by atoms with E-state index in [0.29, 0.717) is 13.0 Å². The Morgan fingerprint density at radius 2 is 2.12 bits per heavy atom. The molecule has 16 heavy (non-hydrogen) atoms. The number of amides is 2. The molecule has 90 valence electrons. The molecule has 1 heterocycles. The third-order valence-corrected chi connectivity index (χ3v) is 3.06. The number of urea groups is 1. The van der Waals surface area contributed by atoms with Crippen LogP contribution in [-0.4, -0.2) is 30.6 Å². The quantitative estimate of drug-likeness (QED) is 0.742. The molecule has 2 amide bonds. The molecule has 1 aliphatic rings. The van der Waals surface area contributed by atoms with E-state index in [4.69, 9.17) is 5.26 Å². The molecule has 4 nitrogen and oxygen atoms in total. The first-order valence-corrected chi connectivity index (χ1v) is 6.13. The van der Waals surface area contributed by atoms with Crippen molar-refractivity contribution in [1.29, 1.82) is 5.26 Å². The van der Waals surface area contributed by atoms with E-state index in [9.17, 15) is 4.79 Å². The van der Waals surface area contributed by atoms with Crippen molar-refractivity contribution in [2.75, 3.05) is 19.6 Å². The smallest absolute Gasteiger partial charge is 0.317 e. The average molecular weight is 223 g/mol. The topological polar surface area (TPSA) is 56.1 Å². The van der Waals surface area contributed by atoms with Crippen molar-refractivity contribution in [3.8, 4) is 6.07 Å². The summed E-state index contributed by atoms with van der Waals surface area (Å²) >= 11 is 0. The third kappa shape index (κ3) is 4.52. The molecule has 4 heteroatoms. The third-order valence-electron chi connectivity index (χ3n) is 3.06. The van der Waals surface area contributed by atoms with Crippen LogP contribution in [0.15, 0.2) is 0 Å². The number of unbranched alkanes of at least 4 members (excludes halogenated alkanes) is 2. The molecule has 0 unspecified atom stereocenters. The van der Waals surface area contributed by atoms with Gasteiger partial charge in [-0.15, -0.1) is 0 Å². The maximum absolute atomic E-state index is 11.7. The normalized spacial score (nSPS) is 16.9. The summed E-state index contributed by atoms with van der Waals surface area (Å²) in [5.41, 5.74) is 0. The molecule has 1 saturated heterocycles. The van der Waals surface area contributed by atoms with E-state index >= 15 is 0 Å². The maximum Gasteiger partial charge on any atom is 0.317 e. The predicted molar refractivity (Wildman–Crippen MR) is 62.8 cm³/mol.